The van der Waals surface area contributed by atoms with Gasteiger partial charge in [-0.3, -0.25) is 9.69 Å². The minimum Gasteiger partial charge on any atom is -0.337 e. The average molecular weight is 419 g/mol. The van der Waals surface area contributed by atoms with Crippen molar-refractivity contribution in [3.05, 3.63) is 83.4 Å². The Morgan fingerprint density at radius 2 is 1.93 bits per heavy atom. The highest BCUT2D eigenvalue weighted by Crippen LogP contribution is 2.21. The number of hydrogen-bond donors (Lipinski definition) is 1. The normalized spacial score (nSPS) is 11.0. The maximum absolute atomic E-state index is 14.2. The van der Waals surface area contributed by atoms with E-state index in [1.54, 1.807) is 35.6 Å². The van der Waals surface area contributed by atoms with Crippen molar-refractivity contribution in [1.82, 2.24) is 14.5 Å². The largest absolute Gasteiger partial charge is 0.337 e. The molecular formula is C21H21ClF2N4O. The lowest BCUT2D eigenvalue weighted by Gasteiger charge is -2.23. The summed E-state index contributed by atoms with van der Waals surface area (Å²) in [5.41, 5.74) is 0.440. The van der Waals surface area contributed by atoms with Crippen LogP contribution in [0, 0.1) is 11.6 Å². The molecule has 1 amide bonds. The van der Waals surface area contributed by atoms with Crippen LogP contribution in [0.25, 0.3) is 0 Å². The number of nitrogens with zero attached hydrogens (tertiary/aromatic N) is 3. The van der Waals surface area contributed by atoms with Gasteiger partial charge in [0.1, 0.15) is 11.6 Å². The van der Waals surface area contributed by atoms with E-state index in [2.05, 4.69) is 10.3 Å². The highest BCUT2D eigenvalue weighted by molar-refractivity contribution is 6.31. The molecule has 0 aliphatic heterocycles. The third kappa shape index (κ3) is 6.10. The SMILES string of the molecule is O=C(CN(CCCn1ccnc1)Cc1c(F)cccc1Cl)Nc1ccccc1F. The summed E-state index contributed by atoms with van der Waals surface area (Å²) in [5.74, 6) is -1.32. The lowest BCUT2D eigenvalue weighted by Crippen LogP contribution is -2.34. The standard InChI is InChI=1S/C21H21ClF2N4O/c22-17-5-3-7-18(23)16(17)13-28(11-4-10-27-12-9-25-15-27)14-21(29)26-20-8-2-1-6-19(20)24/h1-3,5-9,12,15H,4,10-11,13-14H2,(H,26,29). The van der Waals surface area contributed by atoms with Gasteiger partial charge in [0.25, 0.3) is 0 Å². The Hall–Kier alpha value is -2.77. The van der Waals surface area contributed by atoms with E-state index in [9.17, 15) is 13.6 Å². The second kappa shape index (κ2) is 10.1. The first-order valence-electron chi connectivity index (χ1n) is 9.18. The monoisotopic (exact) mass is 418 g/mol. The Morgan fingerprint density at radius 1 is 1.14 bits per heavy atom. The lowest BCUT2D eigenvalue weighted by molar-refractivity contribution is -0.117. The van der Waals surface area contributed by atoms with Crippen molar-refractivity contribution in [1.29, 1.82) is 0 Å². The second-order valence-electron chi connectivity index (χ2n) is 6.59. The van der Waals surface area contributed by atoms with Gasteiger partial charge in [0.2, 0.25) is 5.91 Å². The molecule has 3 rings (SSSR count). The molecule has 0 bridgehead atoms. The van der Waals surface area contributed by atoms with Crippen LogP contribution < -0.4 is 5.32 Å². The Labute approximate surface area is 172 Å². The summed E-state index contributed by atoms with van der Waals surface area (Å²) in [6.07, 6.45) is 5.97. The van der Waals surface area contributed by atoms with Crippen molar-refractivity contribution in [2.45, 2.75) is 19.5 Å². The summed E-state index contributed by atoms with van der Waals surface area (Å²) < 4.78 is 29.9. The molecule has 0 radical (unpaired) electrons. The molecule has 0 aliphatic rings. The van der Waals surface area contributed by atoms with E-state index in [-0.39, 0.29) is 24.7 Å². The van der Waals surface area contributed by atoms with Crippen LogP contribution in [0.3, 0.4) is 0 Å². The molecule has 5 nitrogen and oxygen atoms in total. The van der Waals surface area contributed by atoms with Gasteiger partial charge >= 0.3 is 0 Å². The summed E-state index contributed by atoms with van der Waals surface area (Å²) in [6.45, 7) is 1.37. The summed E-state index contributed by atoms with van der Waals surface area (Å²) in [7, 11) is 0. The zero-order valence-corrected chi connectivity index (χ0v) is 16.4. The van der Waals surface area contributed by atoms with Gasteiger partial charge in [-0.15, -0.1) is 0 Å². The minimum absolute atomic E-state index is 0.0249. The van der Waals surface area contributed by atoms with Crippen LogP contribution in [-0.4, -0.2) is 33.4 Å². The highest BCUT2D eigenvalue weighted by atomic mass is 35.5. The molecule has 8 heteroatoms. The quantitative estimate of drug-likeness (QED) is 0.562. The molecule has 1 heterocycles. The van der Waals surface area contributed by atoms with Gasteiger partial charge in [0, 0.05) is 42.6 Å². The van der Waals surface area contributed by atoms with Crippen LogP contribution in [0.4, 0.5) is 14.5 Å². The number of benzene rings is 2. The fourth-order valence-electron chi connectivity index (χ4n) is 2.97. The summed E-state index contributed by atoms with van der Waals surface area (Å²) in [6, 6.07) is 10.4. The zero-order valence-electron chi connectivity index (χ0n) is 15.7. The molecule has 0 atom stereocenters. The predicted molar refractivity (Wildman–Crippen MR) is 109 cm³/mol. The van der Waals surface area contributed by atoms with Crippen molar-refractivity contribution in [3.63, 3.8) is 0 Å². The Bertz CT molecular complexity index is 929. The highest BCUT2D eigenvalue weighted by Gasteiger charge is 2.16. The maximum atomic E-state index is 14.2. The number of carbonyl (C=O) groups is 1. The van der Waals surface area contributed by atoms with Crippen LogP contribution in [-0.2, 0) is 17.9 Å². The van der Waals surface area contributed by atoms with Crippen molar-refractivity contribution >= 4 is 23.2 Å². The number of halogens is 3. The van der Waals surface area contributed by atoms with E-state index in [1.807, 2.05) is 10.8 Å². The number of para-hydroxylation sites is 1. The molecule has 152 valence electrons. The van der Waals surface area contributed by atoms with Gasteiger partial charge in [-0.25, -0.2) is 13.8 Å². The minimum atomic E-state index is -0.510. The first-order valence-corrected chi connectivity index (χ1v) is 9.56. The molecule has 2 aromatic carbocycles. The number of amides is 1. The molecule has 1 aromatic heterocycles. The van der Waals surface area contributed by atoms with Crippen LogP contribution >= 0.6 is 11.6 Å². The van der Waals surface area contributed by atoms with Crippen molar-refractivity contribution in [2.75, 3.05) is 18.4 Å². The average Bonchev–Trinajstić information content (AvgIpc) is 3.20. The van der Waals surface area contributed by atoms with Crippen LogP contribution in [0.2, 0.25) is 5.02 Å². The number of imidazole rings is 1. The molecule has 29 heavy (non-hydrogen) atoms. The van der Waals surface area contributed by atoms with E-state index < -0.39 is 11.6 Å². The Morgan fingerprint density at radius 3 is 2.66 bits per heavy atom. The number of anilines is 1. The number of hydrogen-bond acceptors (Lipinski definition) is 3. The van der Waals surface area contributed by atoms with Crippen LogP contribution in [0.15, 0.2) is 61.2 Å². The number of rotatable bonds is 9. The van der Waals surface area contributed by atoms with E-state index >= 15 is 0 Å². The molecule has 3 aromatic rings. The number of nitrogens with one attached hydrogen (secondary N) is 1. The van der Waals surface area contributed by atoms with E-state index in [4.69, 9.17) is 11.6 Å². The lowest BCUT2D eigenvalue weighted by atomic mass is 10.2. The van der Waals surface area contributed by atoms with E-state index in [0.29, 0.717) is 23.7 Å². The maximum Gasteiger partial charge on any atom is 0.238 e. The first kappa shape index (κ1) is 21.0. The smallest absolute Gasteiger partial charge is 0.238 e. The first-order chi connectivity index (χ1) is 14.0. The van der Waals surface area contributed by atoms with Crippen molar-refractivity contribution in [3.8, 4) is 0 Å². The zero-order chi connectivity index (χ0) is 20.6. The number of aryl methyl sites for hydroxylation is 1. The number of carbonyl (C=O) groups excluding carboxylic acids is 1. The number of aromatic nitrogens is 2. The predicted octanol–water partition coefficient (Wildman–Crippen LogP) is 4.35. The van der Waals surface area contributed by atoms with Gasteiger partial charge in [-0.05, 0) is 30.7 Å². The molecule has 0 aliphatic carbocycles. The van der Waals surface area contributed by atoms with E-state index in [0.717, 1.165) is 6.42 Å². The van der Waals surface area contributed by atoms with Gasteiger partial charge in [0.15, 0.2) is 0 Å². The van der Waals surface area contributed by atoms with Gasteiger partial charge in [0.05, 0.1) is 18.6 Å². The van der Waals surface area contributed by atoms with Gasteiger partial charge in [-0.2, -0.15) is 0 Å². The summed E-state index contributed by atoms with van der Waals surface area (Å²) >= 11 is 6.15. The summed E-state index contributed by atoms with van der Waals surface area (Å²) in [5, 5.41) is 2.87. The topological polar surface area (TPSA) is 50.2 Å². The fraction of sp³-hybridized carbons (Fsp3) is 0.238. The third-order valence-electron chi connectivity index (χ3n) is 4.41. The van der Waals surface area contributed by atoms with Crippen LogP contribution in [0.5, 0.6) is 0 Å². The third-order valence-corrected chi connectivity index (χ3v) is 4.76. The molecule has 0 spiro atoms. The molecule has 0 unspecified atom stereocenters. The fourth-order valence-corrected chi connectivity index (χ4v) is 3.20. The molecular weight excluding hydrogens is 398 g/mol. The Kier molecular flexibility index (Phi) is 7.32. The second-order valence-corrected chi connectivity index (χ2v) is 7.00. The van der Waals surface area contributed by atoms with Crippen LogP contribution in [0.1, 0.15) is 12.0 Å². The molecule has 0 saturated heterocycles. The van der Waals surface area contributed by atoms with Crippen molar-refractivity contribution in [2.24, 2.45) is 0 Å². The van der Waals surface area contributed by atoms with Gasteiger partial charge in [-0.1, -0.05) is 29.8 Å². The molecule has 1 N–H and O–H groups in total. The van der Waals surface area contributed by atoms with Gasteiger partial charge < -0.3 is 9.88 Å². The van der Waals surface area contributed by atoms with E-state index in [1.165, 1.54) is 24.3 Å². The molecule has 0 saturated carbocycles. The Balaban J connectivity index is 1.67. The molecule has 0 fully saturated rings. The van der Waals surface area contributed by atoms with Crippen molar-refractivity contribution < 1.29 is 13.6 Å². The summed E-state index contributed by atoms with van der Waals surface area (Å²) in [4.78, 5) is 18.3.